The van der Waals surface area contributed by atoms with Gasteiger partial charge in [0.15, 0.2) is 6.10 Å². The van der Waals surface area contributed by atoms with Crippen LogP contribution in [0, 0.1) is 0 Å². The highest BCUT2D eigenvalue weighted by molar-refractivity contribution is 6.01. The number of aromatic nitrogens is 2. The quantitative estimate of drug-likeness (QED) is 0.768. The molecule has 0 spiro atoms. The van der Waals surface area contributed by atoms with Crippen molar-refractivity contribution in [1.29, 1.82) is 0 Å². The Balaban J connectivity index is 2.05. The summed E-state index contributed by atoms with van der Waals surface area (Å²) in [6.45, 7) is 7.83. The predicted octanol–water partition coefficient (Wildman–Crippen LogP) is 3.13. The molecule has 7 heteroatoms. The Morgan fingerprint density at radius 1 is 1.19 bits per heavy atom. The fraction of sp³-hybridized carbons (Fsp3) is 0.421. The molecule has 1 aromatic heterocycles. The highest BCUT2D eigenvalue weighted by atomic mass is 16.5. The van der Waals surface area contributed by atoms with Crippen molar-refractivity contribution < 1.29 is 19.1 Å². The van der Waals surface area contributed by atoms with Gasteiger partial charge in [-0.2, -0.15) is 5.10 Å². The van der Waals surface area contributed by atoms with Gasteiger partial charge < -0.3 is 14.8 Å². The Morgan fingerprint density at radius 2 is 1.85 bits per heavy atom. The number of rotatable bonds is 7. The summed E-state index contributed by atoms with van der Waals surface area (Å²) >= 11 is 0. The topological polar surface area (TPSA) is 82.5 Å². The second-order valence-corrected chi connectivity index (χ2v) is 6.22. The SMILES string of the molecule is CCOC(=O)c1cnn(C)c1NC(=O)C(C)Oc1ccc(C(C)C)cc1. The smallest absolute Gasteiger partial charge is 0.343 e. The molecule has 0 aliphatic carbocycles. The van der Waals surface area contributed by atoms with Crippen molar-refractivity contribution in [2.75, 3.05) is 11.9 Å². The summed E-state index contributed by atoms with van der Waals surface area (Å²) in [5, 5.41) is 6.69. The van der Waals surface area contributed by atoms with Crippen molar-refractivity contribution in [1.82, 2.24) is 9.78 Å². The van der Waals surface area contributed by atoms with Crippen molar-refractivity contribution >= 4 is 17.7 Å². The van der Waals surface area contributed by atoms with E-state index >= 15 is 0 Å². The van der Waals surface area contributed by atoms with Gasteiger partial charge in [0.2, 0.25) is 0 Å². The Morgan fingerprint density at radius 3 is 2.42 bits per heavy atom. The van der Waals surface area contributed by atoms with Gasteiger partial charge in [-0.1, -0.05) is 26.0 Å². The first kappa shape index (κ1) is 19.5. The van der Waals surface area contributed by atoms with Gasteiger partial charge in [-0.05, 0) is 37.5 Å². The van der Waals surface area contributed by atoms with Crippen molar-refractivity contribution in [2.24, 2.45) is 7.05 Å². The summed E-state index contributed by atoms with van der Waals surface area (Å²) in [5.74, 6) is 0.392. The summed E-state index contributed by atoms with van der Waals surface area (Å²) in [4.78, 5) is 24.4. The first-order chi connectivity index (χ1) is 12.3. The Kier molecular flexibility index (Phi) is 6.38. The van der Waals surface area contributed by atoms with Gasteiger partial charge in [0.05, 0.1) is 12.8 Å². The van der Waals surface area contributed by atoms with Crippen molar-refractivity contribution in [2.45, 2.75) is 39.7 Å². The average Bonchev–Trinajstić information content (AvgIpc) is 2.96. The van der Waals surface area contributed by atoms with Crippen LogP contribution in [-0.4, -0.2) is 34.4 Å². The molecule has 1 N–H and O–H groups in total. The van der Waals surface area contributed by atoms with Crippen LogP contribution in [0.3, 0.4) is 0 Å². The lowest BCUT2D eigenvalue weighted by Crippen LogP contribution is -2.31. The molecule has 2 rings (SSSR count). The number of carbonyl (C=O) groups is 2. The first-order valence-corrected chi connectivity index (χ1v) is 8.60. The largest absolute Gasteiger partial charge is 0.481 e. The third-order valence-electron chi connectivity index (χ3n) is 3.90. The second kappa shape index (κ2) is 8.51. The molecule has 1 amide bonds. The lowest BCUT2D eigenvalue weighted by molar-refractivity contribution is -0.122. The number of nitrogens with zero attached hydrogens (tertiary/aromatic N) is 2. The van der Waals surface area contributed by atoms with E-state index < -0.39 is 12.1 Å². The number of benzene rings is 1. The van der Waals surface area contributed by atoms with Crippen LogP contribution in [-0.2, 0) is 16.6 Å². The van der Waals surface area contributed by atoms with Crippen LogP contribution >= 0.6 is 0 Å². The fourth-order valence-electron chi connectivity index (χ4n) is 2.35. The normalized spacial score (nSPS) is 11.9. The maximum atomic E-state index is 12.4. The summed E-state index contributed by atoms with van der Waals surface area (Å²) in [5.41, 5.74) is 1.40. The van der Waals surface area contributed by atoms with Crippen LogP contribution in [0.4, 0.5) is 5.82 Å². The molecular weight excluding hydrogens is 334 g/mol. The molecule has 0 bridgehead atoms. The van der Waals surface area contributed by atoms with E-state index in [1.165, 1.54) is 16.4 Å². The molecule has 0 radical (unpaired) electrons. The molecule has 26 heavy (non-hydrogen) atoms. The van der Waals surface area contributed by atoms with Crippen LogP contribution in [0.1, 0.15) is 49.5 Å². The standard InChI is InChI=1S/C19H25N3O4/c1-6-25-19(24)16-11-20-22(5)17(16)21-18(23)13(4)26-15-9-7-14(8-10-15)12(2)3/h7-13H,6H2,1-5H3,(H,21,23). The molecule has 140 valence electrons. The van der Waals surface area contributed by atoms with Crippen LogP contribution in [0.5, 0.6) is 5.75 Å². The molecule has 1 atom stereocenters. The highest BCUT2D eigenvalue weighted by Gasteiger charge is 2.22. The van der Waals surface area contributed by atoms with Crippen LogP contribution in [0.2, 0.25) is 0 Å². The molecule has 0 aliphatic rings. The lowest BCUT2D eigenvalue weighted by atomic mass is 10.0. The van der Waals surface area contributed by atoms with Gasteiger partial charge in [0, 0.05) is 7.05 Å². The van der Waals surface area contributed by atoms with Crippen LogP contribution < -0.4 is 10.1 Å². The van der Waals surface area contributed by atoms with Crippen molar-refractivity contribution in [3.8, 4) is 5.75 Å². The minimum absolute atomic E-state index is 0.205. The average molecular weight is 359 g/mol. The van der Waals surface area contributed by atoms with Gasteiger partial charge in [-0.25, -0.2) is 4.79 Å². The molecule has 0 saturated heterocycles. The second-order valence-electron chi connectivity index (χ2n) is 6.22. The predicted molar refractivity (Wildman–Crippen MR) is 98.4 cm³/mol. The summed E-state index contributed by atoms with van der Waals surface area (Å²) in [6.07, 6.45) is 0.619. The molecule has 0 fully saturated rings. The number of hydrogen-bond acceptors (Lipinski definition) is 5. The third kappa shape index (κ3) is 4.62. The number of hydrogen-bond donors (Lipinski definition) is 1. The highest BCUT2D eigenvalue weighted by Crippen LogP contribution is 2.20. The van der Waals surface area contributed by atoms with E-state index in [1.807, 2.05) is 24.3 Å². The number of aryl methyl sites for hydroxylation is 1. The van der Waals surface area contributed by atoms with Gasteiger partial charge >= 0.3 is 5.97 Å². The minimum Gasteiger partial charge on any atom is -0.481 e. The van der Waals surface area contributed by atoms with E-state index in [0.717, 1.165) is 0 Å². The first-order valence-electron chi connectivity index (χ1n) is 8.60. The van der Waals surface area contributed by atoms with Gasteiger partial charge in [0.25, 0.3) is 5.91 Å². The summed E-state index contributed by atoms with van der Waals surface area (Å²) in [7, 11) is 1.63. The van der Waals surface area contributed by atoms with E-state index in [-0.39, 0.29) is 23.9 Å². The van der Waals surface area contributed by atoms with E-state index in [0.29, 0.717) is 11.7 Å². The monoisotopic (exact) mass is 359 g/mol. The molecule has 0 aliphatic heterocycles. The minimum atomic E-state index is -0.746. The van der Waals surface area contributed by atoms with Gasteiger partial charge in [-0.15, -0.1) is 0 Å². The van der Waals surface area contributed by atoms with Gasteiger partial charge in [0.1, 0.15) is 17.1 Å². The summed E-state index contributed by atoms with van der Waals surface area (Å²) in [6, 6.07) is 7.63. The molecule has 1 unspecified atom stereocenters. The number of ether oxygens (including phenoxy) is 2. The molecular formula is C19H25N3O4. The molecule has 0 saturated carbocycles. The number of nitrogens with one attached hydrogen (secondary N) is 1. The van der Waals surface area contributed by atoms with Crippen LogP contribution in [0.15, 0.2) is 30.5 Å². The van der Waals surface area contributed by atoms with Crippen molar-refractivity contribution in [3.05, 3.63) is 41.6 Å². The zero-order valence-electron chi connectivity index (χ0n) is 15.8. The maximum Gasteiger partial charge on any atom is 0.343 e. The number of anilines is 1. The Labute approximate surface area is 153 Å². The van der Waals surface area contributed by atoms with E-state index in [2.05, 4.69) is 24.3 Å². The van der Waals surface area contributed by atoms with E-state index in [1.54, 1.807) is 20.9 Å². The number of amides is 1. The fourth-order valence-corrected chi connectivity index (χ4v) is 2.35. The molecule has 1 heterocycles. The number of esters is 1. The molecule has 7 nitrogen and oxygen atoms in total. The van der Waals surface area contributed by atoms with Crippen LogP contribution in [0.25, 0.3) is 0 Å². The Bertz CT molecular complexity index is 766. The third-order valence-corrected chi connectivity index (χ3v) is 3.90. The summed E-state index contributed by atoms with van der Waals surface area (Å²) < 4.78 is 12.1. The van der Waals surface area contributed by atoms with E-state index in [4.69, 9.17) is 9.47 Å². The van der Waals surface area contributed by atoms with Gasteiger partial charge in [-0.3, -0.25) is 9.48 Å². The van der Waals surface area contributed by atoms with E-state index in [9.17, 15) is 9.59 Å². The van der Waals surface area contributed by atoms with Crippen molar-refractivity contribution in [3.63, 3.8) is 0 Å². The maximum absolute atomic E-state index is 12.4. The zero-order chi connectivity index (χ0) is 19.3. The lowest BCUT2D eigenvalue weighted by Gasteiger charge is -2.16. The molecule has 1 aromatic carbocycles. The zero-order valence-corrected chi connectivity index (χ0v) is 15.8. The molecule has 2 aromatic rings. The number of carbonyl (C=O) groups excluding carboxylic acids is 2. The Hall–Kier alpha value is -2.83.